The number of hydrogen-bond acceptors (Lipinski definition) is 2. The third-order valence-corrected chi connectivity index (χ3v) is 3.93. The molecule has 0 spiro atoms. The van der Waals surface area contributed by atoms with E-state index in [1.54, 1.807) is 54.6 Å². The Morgan fingerprint density at radius 1 is 0.870 bits per heavy atom. The van der Waals surface area contributed by atoms with Gasteiger partial charge in [-0.2, -0.15) is 0 Å². The van der Waals surface area contributed by atoms with Gasteiger partial charge in [0.25, 0.3) is 5.91 Å². The van der Waals surface area contributed by atoms with E-state index in [1.807, 2.05) is 0 Å². The first-order chi connectivity index (χ1) is 11.0. The minimum absolute atomic E-state index is 0.181. The summed E-state index contributed by atoms with van der Waals surface area (Å²) in [5.74, 6) is 0.317. The number of furan rings is 1. The molecule has 1 heterocycles. The van der Waals surface area contributed by atoms with E-state index in [0.717, 1.165) is 0 Å². The number of rotatable bonds is 3. The SMILES string of the molecule is O=C(Nc1ccc(Cl)cc1)c1ccc(-c2ccc(Cl)cc2Cl)o1. The van der Waals surface area contributed by atoms with E-state index in [-0.39, 0.29) is 11.7 Å². The van der Waals surface area contributed by atoms with Gasteiger partial charge in [-0.3, -0.25) is 4.79 Å². The zero-order valence-corrected chi connectivity index (χ0v) is 13.9. The summed E-state index contributed by atoms with van der Waals surface area (Å²) >= 11 is 17.8. The van der Waals surface area contributed by atoms with Crippen LogP contribution in [-0.4, -0.2) is 5.91 Å². The van der Waals surface area contributed by atoms with Crippen LogP contribution in [0.25, 0.3) is 11.3 Å². The van der Waals surface area contributed by atoms with E-state index in [4.69, 9.17) is 39.2 Å². The van der Waals surface area contributed by atoms with Crippen LogP contribution in [0.5, 0.6) is 0 Å². The van der Waals surface area contributed by atoms with Crippen LogP contribution in [0.3, 0.4) is 0 Å². The topological polar surface area (TPSA) is 42.2 Å². The van der Waals surface area contributed by atoms with E-state index >= 15 is 0 Å². The molecule has 3 rings (SSSR count). The number of carbonyl (C=O) groups is 1. The molecule has 0 bridgehead atoms. The second kappa shape index (κ2) is 6.67. The van der Waals surface area contributed by atoms with Crippen LogP contribution in [-0.2, 0) is 0 Å². The van der Waals surface area contributed by atoms with Gasteiger partial charge in [0.15, 0.2) is 5.76 Å². The van der Waals surface area contributed by atoms with E-state index in [2.05, 4.69) is 5.32 Å². The molecule has 0 unspecified atom stereocenters. The van der Waals surface area contributed by atoms with Crippen LogP contribution >= 0.6 is 34.8 Å². The monoisotopic (exact) mass is 365 g/mol. The van der Waals surface area contributed by atoms with Crippen LogP contribution in [0.2, 0.25) is 15.1 Å². The second-order valence-electron chi connectivity index (χ2n) is 4.75. The Labute approximate surface area is 147 Å². The largest absolute Gasteiger partial charge is 0.451 e. The summed E-state index contributed by atoms with van der Waals surface area (Å²) in [5, 5.41) is 4.31. The van der Waals surface area contributed by atoms with Crippen molar-refractivity contribution in [2.24, 2.45) is 0 Å². The molecule has 0 atom stereocenters. The fourth-order valence-corrected chi connectivity index (χ4v) is 2.65. The summed E-state index contributed by atoms with van der Waals surface area (Å²) in [6.45, 7) is 0. The van der Waals surface area contributed by atoms with Crippen LogP contribution in [0.1, 0.15) is 10.6 Å². The van der Waals surface area contributed by atoms with Crippen molar-refractivity contribution in [1.29, 1.82) is 0 Å². The molecule has 0 saturated heterocycles. The van der Waals surface area contributed by atoms with Gasteiger partial charge in [-0.15, -0.1) is 0 Å². The first-order valence-corrected chi connectivity index (χ1v) is 7.78. The maximum Gasteiger partial charge on any atom is 0.291 e. The molecule has 3 nitrogen and oxygen atoms in total. The fourth-order valence-electron chi connectivity index (χ4n) is 2.02. The van der Waals surface area contributed by atoms with Crippen molar-refractivity contribution >= 4 is 46.4 Å². The van der Waals surface area contributed by atoms with Crippen molar-refractivity contribution in [3.8, 4) is 11.3 Å². The van der Waals surface area contributed by atoms with Gasteiger partial charge >= 0.3 is 0 Å². The Morgan fingerprint density at radius 2 is 1.57 bits per heavy atom. The number of carbonyl (C=O) groups excluding carboxylic acids is 1. The molecule has 0 aliphatic rings. The Kier molecular flexibility index (Phi) is 4.62. The van der Waals surface area contributed by atoms with Gasteiger partial charge < -0.3 is 9.73 Å². The summed E-state index contributed by atoms with van der Waals surface area (Å²) in [4.78, 5) is 12.2. The second-order valence-corrected chi connectivity index (χ2v) is 6.03. The zero-order valence-electron chi connectivity index (χ0n) is 11.6. The lowest BCUT2D eigenvalue weighted by Crippen LogP contribution is -2.10. The van der Waals surface area contributed by atoms with Crippen LogP contribution < -0.4 is 5.32 Å². The molecule has 0 aliphatic carbocycles. The summed E-state index contributed by atoms with van der Waals surface area (Å²) in [5.41, 5.74) is 1.29. The first-order valence-electron chi connectivity index (χ1n) is 6.65. The van der Waals surface area contributed by atoms with E-state index in [9.17, 15) is 4.79 Å². The Hall–Kier alpha value is -1.94. The predicted molar refractivity (Wildman–Crippen MR) is 93.6 cm³/mol. The molecule has 2 aromatic carbocycles. The van der Waals surface area contributed by atoms with Crippen molar-refractivity contribution in [2.75, 3.05) is 5.32 Å². The number of anilines is 1. The number of amides is 1. The van der Waals surface area contributed by atoms with Crippen molar-refractivity contribution in [3.63, 3.8) is 0 Å². The minimum atomic E-state index is -0.358. The number of nitrogens with one attached hydrogen (secondary N) is 1. The van der Waals surface area contributed by atoms with E-state index in [1.165, 1.54) is 0 Å². The third kappa shape index (κ3) is 3.70. The molecule has 6 heteroatoms. The van der Waals surface area contributed by atoms with Crippen LogP contribution in [0, 0.1) is 0 Å². The number of halogens is 3. The smallest absolute Gasteiger partial charge is 0.291 e. The van der Waals surface area contributed by atoms with Gasteiger partial charge in [0.2, 0.25) is 0 Å². The molecule has 0 fully saturated rings. The standard InChI is InChI=1S/C17H10Cl3NO2/c18-10-1-4-12(5-2-10)21-17(22)16-8-7-15(23-16)13-6-3-11(19)9-14(13)20/h1-9H,(H,21,22). The molecule has 1 amide bonds. The highest BCUT2D eigenvalue weighted by Gasteiger charge is 2.14. The van der Waals surface area contributed by atoms with Crippen molar-refractivity contribution in [3.05, 3.63) is 75.4 Å². The Bertz CT molecular complexity index is 857. The maximum atomic E-state index is 12.2. The maximum absolute atomic E-state index is 12.2. The lowest BCUT2D eigenvalue weighted by Gasteiger charge is -2.03. The van der Waals surface area contributed by atoms with Crippen molar-refractivity contribution < 1.29 is 9.21 Å². The predicted octanol–water partition coefficient (Wildman–Crippen LogP) is 6.16. The van der Waals surface area contributed by atoms with Crippen molar-refractivity contribution in [1.82, 2.24) is 0 Å². The fraction of sp³-hybridized carbons (Fsp3) is 0. The molecule has 0 saturated carbocycles. The van der Waals surface area contributed by atoms with E-state index in [0.29, 0.717) is 32.1 Å². The lowest BCUT2D eigenvalue weighted by molar-refractivity contribution is 0.0997. The first kappa shape index (κ1) is 15.9. The van der Waals surface area contributed by atoms with Crippen LogP contribution in [0.4, 0.5) is 5.69 Å². The molecule has 3 aromatic rings. The lowest BCUT2D eigenvalue weighted by atomic mass is 10.2. The highest BCUT2D eigenvalue weighted by atomic mass is 35.5. The zero-order chi connectivity index (χ0) is 16.4. The Balaban J connectivity index is 1.81. The average molecular weight is 367 g/mol. The minimum Gasteiger partial charge on any atom is -0.451 e. The quantitative estimate of drug-likeness (QED) is 0.603. The molecular weight excluding hydrogens is 357 g/mol. The third-order valence-electron chi connectivity index (χ3n) is 3.13. The molecule has 23 heavy (non-hydrogen) atoms. The summed E-state index contributed by atoms with van der Waals surface area (Å²) in [7, 11) is 0. The molecule has 0 radical (unpaired) electrons. The normalized spacial score (nSPS) is 10.6. The van der Waals surface area contributed by atoms with Gasteiger partial charge in [-0.25, -0.2) is 0 Å². The Morgan fingerprint density at radius 3 is 2.26 bits per heavy atom. The van der Waals surface area contributed by atoms with Crippen molar-refractivity contribution in [2.45, 2.75) is 0 Å². The molecular formula is C17H10Cl3NO2. The highest BCUT2D eigenvalue weighted by molar-refractivity contribution is 6.36. The van der Waals surface area contributed by atoms with Gasteiger partial charge in [-0.1, -0.05) is 34.8 Å². The molecule has 1 N–H and O–H groups in total. The molecule has 1 aromatic heterocycles. The van der Waals surface area contributed by atoms with Crippen LogP contribution in [0.15, 0.2) is 59.0 Å². The molecule has 0 aliphatic heterocycles. The van der Waals surface area contributed by atoms with Gasteiger partial charge in [0, 0.05) is 21.3 Å². The summed E-state index contributed by atoms with van der Waals surface area (Å²) < 4.78 is 5.58. The number of benzene rings is 2. The summed E-state index contributed by atoms with van der Waals surface area (Å²) in [6, 6.07) is 15.1. The average Bonchev–Trinajstić information content (AvgIpc) is 2.99. The molecule has 116 valence electrons. The van der Waals surface area contributed by atoms with Gasteiger partial charge in [0.05, 0.1) is 5.02 Å². The highest BCUT2D eigenvalue weighted by Crippen LogP contribution is 2.31. The van der Waals surface area contributed by atoms with E-state index < -0.39 is 0 Å². The number of hydrogen-bond donors (Lipinski definition) is 1. The van der Waals surface area contributed by atoms with Gasteiger partial charge in [-0.05, 0) is 54.6 Å². The van der Waals surface area contributed by atoms with Gasteiger partial charge in [0.1, 0.15) is 5.76 Å². The summed E-state index contributed by atoms with van der Waals surface area (Å²) in [6.07, 6.45) is 0.